The van der Waals surface area contributed by atoms with E-state index in [0.29, 0.717) is 29.7 Å². The van der Waals surface area contributed by atoms with E-state index in [1.165, 1.54) is 0 Å². The molecule has 1 N–H and O–H groups in total. The molecule has 5 nitrogen and oxygen atoms in total. The van der Waals surface area contributed by atoms with E-state index >= 15 is 0 Å². The molecule has 1 unspecified atom stereocenters. The number of nitrogens with zero attached hydrogens (tertiary/aromatic N) is 2. The van der Waals surface area contributed by atoms with Gasteiger partial charge in [-0.05, 0) is 29.5 Å². The van der Waals surface area contributed by atoms with E-state index in [9.17, 15) is 0 Å². The van der Waals surface area contributed by atoms with Gasteiger partial charge in [0, 0.05) is 31.5 Å². The van der Waals surface area contributed by atoms with Crippen molar-refractivity contribution < 1.29 is 9.47 Å². The maximum atomic E-state index is 6.42. The van der Waals surface area contributed by atoms with Crippen LogP contribution in [0.5, 0.6) is 11.5 Å². The van der Waals surface area contributed by atoms with Gasteiger partial charge in [0.25, 0.3) is 0 Å². The minimum atomic E-state index is 0.0995. The summed E-state index contributed by atoms with van der Waals surface area (Å²) in [6, 6.07) is 4.21. The molecule has 0 amide bonds. The monoisotopic (exact) mass is 379 g/mol. The summed E-state index contributed by atoms with van der Waals surface area (Å²) in [5.74, 6) is 1.29. The summed E-state index contributed by atoms with van der Waals surface area (Å²) in [7, 11) is 1.64. The molecule has 1 aromatic carbocycles. The molecule has 2 rings (SSSR count). The summed E-state index contributed by atoms with van der Waals surface area (Å²) in [6.45, 7) is 10.9. The molecule has 2 aromatic rings. The van der Waals surface area contributed by atoms with Gasteiger partial charge in [0.2, 0.25) is 0 Å². The van der Waals surface area contributed by atoms with Gasteiger partial charge in [-0.25, -0.2) is 4.98 Å². The summed E-state index contributed by atoms with van der Waals surface area (Å²) in [5.41, 5.74) is 1.16. The fourth-order valence-electron chi connectivity index (χ4n) is 2.71. The topological polar surface area (TPSA) is 48.3 Å². The molecule has 1 heterocycles. The van der Waals surface area contributed by atoms with Crippen LogP contribution in [0, 0.1) is 5.41 Å². The second-order valence-electron chi connectivity index (χ2n) is 7.52. The van der Waals surface area contributed by atoms with Crippen molar-refractivity contribution in [2.75, 3.05) is 13.7 Å². The van der Waals surface area contributed by atoms with Crippen molar-refractivity contribution in [1.29, 1.82) is 0 Å². The maximum Gasteiger partial charge on any atom is 0.179 e. The van der Waals surface area contributed by atoms with Crippen molar-refractivity contribution in [2.45, 2.75) is 53.2 Å². The standard InChI is InChI=1S/C20H30ClN3O2/c1-6-9-26-19-16(21)10-15(11-17(19)25-5)12-23-18(20(2,3)4)13-24-8-7-22-14-24/h7-8,10-11,14,18,23H,6,9,12-13H2,1-5H3. The number of hydrogen-bond acceptors (Lipinski definition) is 4. The average molecular weight is 380 g/mol. The van der Waals surface area contributed by atoms with Gasteiger partial charge in [-0.15, -0.1) is 0 Å². The molecule has 0 aliphatic heterocycles. The van der Waals surface area contributed by atoms with E-state index in [4.69, 9.17) is 21.1 Å². The molecule has 0 aliphatic rings. The van der Waals surface area contributed by atoms with Crippen LogP contribution in [0.25, 0.3) is 0 Å². The van der Waals surface area contributed by atoms with Crippen molar-refractivity contribution in [1.82, 2.24) is 14.9 Å². The number of ether oxygens (including phenoxy) is 2. The first kappa shape index (κ1) is 20.6. The molecule has 0 aliphatic carbocycles. The zero-order valence-electron chi connectivity index (χ0n) is 16.4. The lowest BCUT2D eigenvalue weighted by molar-refractivity contribution is 0.240. The first-order valence-corrected chi connectivity index (χ1v) is 9.41. The summed E-state index contributed by atoms with van der Waals surface area (Å²) < 4.78 is 13.3. The number of nitrogens with one attached hydrogen (secondary N) is 1. The molecule has 144 valence electrons. The van der Waals surface area contributed by atoms with E-state index < -0.39 is 0 Å². The molecule has 0 radical (unpaired) electrons. The van der Waals surface area contributed by atoms with Gasteiger partial charge >= 0.3 is 0 Å². The van der Waals surface area contributed by atoms with Crippen molar-refractivity contribution in [3.8, 4) is 11.5 Å². The second kappa shape index (κ2) is 9.28. The fourth-order valence-corrected chi connectivity index (χ4v) is 3.00. The summed E-state index contributed by atoms with van der Waals surface area (Å²) >= 11 is 6.42. The van der Waals surface area contributed by atoms with Gasteiger partial charge in [0.05, 0.1) is 25.1 Å². The SMILES string of the molecule is CCCOc1c(Cl)cc(CNC(Cn2ccnc2)C(C)(C)C)cc1OC. The Kier molecular flexibility index (Phi) is 7.35. The van der Waals surface area contributed by atoms with Gasteiger partial charge < -0.3 is 19.4 Å². The Bertz CT molecular complexity index is 681. The molecular formula is C20H30ClN3O2. The van der Waals surface area contributed by atoms with Gasteiger partial charge in [-0.1, -0.05) is 39.3 Å². The number of halogens is 1. The lowest BCUT2D eigenvalue weighted by Gasteiger charge is -2.32. The lowest BCUT2D eigenvalue weighted by atomic mass is 9.86. The Balaban J connectivity index is 2.11. The first-order chi connectivity index (χ1) is 12.3. The Morgan fingerprint density at radius 1 is 1.31 bits per heavy atom. The van der Waals surface area contributed by atoms with Crippen LogP contribution < -0.4 is 14.8 Å². The highest BCUT2D eigenvalue weighted by Gasteiger charge is 2.24. The molecular weight excluding hydrogens is 350 g/mol. The number of rotatable bonds is 9. The zero-order valence-corrected chi connectivity index (χ0v) is 17.1. The van der Waals surface area contributed by atoms with Gasteiger partial charge in [-0.2, -0.15) is 0 Å². The smallest absolute Gasteiger partial charge is 0.179 e. The van der Waals surface area contributed by atoms with Gasteiger partial charge in [0.1, 0.15) is 0 Å². The molecule has 1 aromatic heterocycles. The van der Waals surface area contributed by atoms with E-state index in [1.807, 2.05) is 24.7 Å². The Hall–Kier alpha value is -1.72. The quantitative estimate of drug-likeness (QED) is 0.694. The third-order valence-corrected chi connectivity index (χ3v) is 4.57. The third kappa shape index (κ3) is 5.64. The van der Waals surface area contributed by atoms with Crippen LogP contribution in [-0.4, -0.2) is 29.3 Å². The van der Waals surface area contributed by atoms with Crippen LogP contribution in [-0.2, 0) is 13.1 Å². The van der Waals surface area contributed by atoms with Crippen molar-refractivity contribution in [3.63, 3.8) is 0 Å². The maximum absolute atomic E-state index is 6.42. The minimum Gasteiger partial charge on any atom is -0.493 e. The van der Waals surface area contributed by atoms with Crippen molar-refractivity contribution in [3.05, 3.63) is 41.4 Å². The average Bonchev–Trinajstić information content (AvgIpc) is 3.09. The van der Waals surface area contributed by atoms with E-state index in [-0.39, 0.29) is 11.5 Å². The third-order valence-electron chi connectivity index (χ3n) is 4.29. The second-order valence-corrected chi connectivity index (χ2v) is 7.92. The molecule has 0 bridgehead atoms. The number of methoxy groups -OCH3 is 1. The number of benzene rings is 1. The summed E-state index contributed by atoms with van der Waals surface area (Å²) in [4.78, 5) is 4.13. The molecule has 1 atom stereocenters. The zero-order chi connectivity index (χ0) is 19.2. The summed E-state index contributed by atoms with van der Waals surface area (Å²) in [5, 5.41) is 4.23. The predicted molar refractivity (Wildman–Crippen MR) is 106 cm³/mol. The highest BCUT2D eigenvalue weighted by atomic mass is 35.5. The Morgan fingerprint density at radius 3 is 2.65 bits per heavy atom. The van der Waals surface area contributed by atoms with Crippen LogP contribution in [0.2, 0.25) is 5.02 Å². The van der Waals surface area contributed by atoms with Crippen LogP contribution in [0.1, 0.15) is 39.7 Å². The van der Waals surface area contributed by atoms with E-state index in [2.05, 4.69) is 42.6 Å². The molecule has 0 fully saturated rings. The first-order valence-electron chi connectivity index (χ1n) is 9.03. The lowest BCUT2D eigenvalue weighted by Crippen LogP contribution is -2.43. The molecule has 0 saturated carbocycles. The van der Waals surface area contributed by atoms with E-state index in [0.717, 1.165) is 18.5 Å². The predicted octanol–water partition coefficient (Wildman–Crippen LogP) is 4.54. The van der Waals surface area contributed by atoms with Crippen LogP contribution in [0.3, 0.4) is 0 Å². The Morgan fingerprint density at radius 2 is 2.08 bits per heavy atom. The van der Waals surface area contributed by atoms with E-state index in [1.54, 1.807) is 13.3 Å². The number of imidazole rings is 1. The highest BCUT2D eigenvalue weighted by molar-refractivity contribution is 6.32. The largest absolute Gasteiger partial charge is 0.493 e. The number of hydrogen-bond donors (Lipinski definition) is 1. The van der Waals surface area contributed by atoms with Crippen molar-refractivity contribution >= 4 is 11.6 Å². The van der Waals surface area contributed by atoms with Crippen LogP contribution in [0.15, 0.2) is 30.9 Å². The van der Waals surface area contributed by atoms with Crippen molar-refractivity contribution in [2.24, 2.45) is 5.41 Å². The van der Waals surface area contributed by atoms with Crippen LogP contribution >= 0.6 is 11.6 Å². The highest BCUT2D eigenvalue weighted by Crippen LogP contribution is 2.36. The minimum absolute atomic E-state index is 0.0995. The number of aromatic nitrogens is 2. The summed E-state index contributed by atoms with van der Waals surface area (Å²) in [6.07, 6.45) is 6.56. The van der Waals surface area contributed by atoms with Gasteiger partial charge in [-0.3, -0.25) is 0 Å². The molecule has 0 spiro atoms. The fraction of sp³-hybridized carbons (Fsp3) is 0.550. The normalized spacial score (nSPS) is 12.8. The van der Waals surface area contributed by atoms with Gasteiger partial charge in [0.15, 0.2) is 11.5 Å². The molecule has 0 saturated heterocycles. The molecule has 6 heteroatoms. The molecule has 26 heavy (non-hydrogen) atoms. The Labute approximate surface area is 161 Å². The van der Waals surface area contributed by atoms with Crippen LogP contribution in [0.4, 0.5) is 0 Å².